The van der Waals surface area contributed by atoms with E-state index < -0.39 is 21.7 Å². The molecule has 1 aromatic heterocycles. The minimum Gasteiger partial charge on any atom is -0.444 e. The monoisotopic (exact) mass is 496 g/mol. The smallest absolute Gasteiger partial charge is 0.407 e. The van der Waals surface area contributed by atoms with Gasteiger partial charge in [0.1, 0.15) is 10.5 Å². The molecule has 1 heterocycles. The van der Waals surface area contributed by atoms with E-state index in [0.717, 1.165) is 5.01 Å². The number of amides is 2. The summed E-state index contributed by atoms with van der Waals surface area (Å²) in [5, 5.41) is 6.09. The number of ether oxygens (including phenoxy) is 1. The van der Waals surface area contributed by atoms with Gasteiger partial charge in [-0.2, -0.15) is 0 Å². The highest BCUT2D eigenvalue weighted by atomic mass is 32.2. The van der Waals surface area contributed by atoms with Crippen molar-refractivity contribution >= 4 is 39.0 Å². The fraction of sp³-hybridized carbons (Fsp3) is 0.500. The molecule has 2 amide bonds. The van der Waals surface area contributed by atoms with E-state index in [0.29, 0.717) is 16.3 Å². The van der Waals surface area contributed by atoms with Crippen molar-refractivity contribution in [1.29, 1.82) is 0 Å². The molecule has 0 fully saturated rings. The van der Waals surface area contributed by atoms with Crippen molar-refractivity contribution in [2.45, 2.75) is 64.4 Å². The van der Waals surface area contributed by atoms with E-state index in [1.165, 1.54) is 23.5 Å². The number of thiazole rings is 1. The highest BCUT2D eigenvalue weighted by Crippen LogP contribution is 2.29. The maximum absolute atomic E-state index is 12.8. The van der Waals surface area contributed by atoms with Crippen LogP contribution in [-0.4, -0.2) is 44.1 Å². The van der Waals surface area contributed by atoms with Crippen LogP contribution in [0.4, 0.5) is 10.5 Å². The summed E-state index contributed by atoms with van der Waals surface area (Å²) in [6.45, 7) is 13.1. The zero-order chi connectivity index (χ0) is 25.0. The standard InChI is InChI=1S/C22H32N4O5S2/c1-14-17(32-19(25-14)21(2,3)4)18(27)26-15-9-8-10-16(13-15)33(29,30)24-12-11-23-20(28)31-22(5,6)7/h8-10,13,24H,11-12H2,1-7H3,(H,23,28)(H,26,27). The first-order valence-electron chi connectivity index (χ1n) is 10.4. The normalized spacial score (nSPS) is 12.3. The summed E-state index contributed by atoms with van der Waals surface area (Å²) in [7, 11) is -3.84. The lowest BCUT2D eigenvalue weighted by Gasteiger charge is -2.19. The van der Waals surface area contributed by atoms with Crippen molar-refractivity contribution in [2.75, 3.05) is 18.4 Å². The summed E-state index contributed by atoms with van der Waals surface area (Å²) < 4.78 is 32.7. The van der Waals surface area contributed by atoms with Gasteiger partial charge in [0.05, 0.1) is 15.6 Å². The van der Waals surface area contributed by atoms with Gasteiger partial charge in [-0.1, -0.05) is 26.8 Å². The predicted octanol–water partition coefficient (Wildman–Crippen LogP) is 3.80. The van der Waals surface area contributed by atoms with Gasteiger partial charge in [-0.25, -0.2) is 22.9 Å². The first-order chi connectivity index (χ1) is 15.1. The number of nitrogens with one attached hydrogen (secondary N) is 3. The molecule has 0 aliphatic carbocycles. The minimum atomic E-state index is -3.84. The molecule has 0 spiro atoms. The van der Waals surface area contributed by atoms with Gasteiger partial charge in [-0.3, -0.25) is 4.79 Å². The van der Waals surface area contributed by atoms with Gasteiger partial charge in [-0.15, -0.1) is 11.3 Å². The zero-order valence-electron chi connectivity index (χ0n) is 20.0. The Bertz CT molecular complexity index is 1110. The van der Waals surface area contributed by atoms with E-state index in [9.17, 15) is 18.0 Å². The van der Waals surface area contributed by atoms with E-state index in [2.05, 4.69) is 20.3 Å². The largest absolute Gasteiger partial charge is 0.444 e. The van der Waals surface area contributed by atoms with E-state index in [1.807, 2.05) is 20.8 Å². The van der Waals surface area contributed by atoms with Crippen LogP contribution in [0.2, 0.25) is 0 Å². The summed E-state index contributed by atoms with van der Waals surface area (Å²) in [5.74, 6) is -0.343. The van der Waals surface area contributed by atoms with Gasteiger partial charge < -0.3 is 15.4 Å². The summed E-state index contributed by atoms with van der Waals surface area (Å²) >= 11 is 1.32. The van der Waals surface area contributed by atoms with E-state index in [1.54, 1.807) is 39.8 Å². The average Bonchev–Trinajstić information content (AvgIpc) is 3.06. The number of nitrogens with zero attached hydrogens (tertiary/aromatic N) is 1. The molecule has 2 aromatic rings. The molecule has 0 bridgehead atoms. The quantitative estimate of drug-likeness (QED) is 0.501. The van der Waals surface area contributed by atoms with Crippen LogP contribution in [0, 0.1) is 6.92 Å². The Kier molecular flexibility index (Phi) is 8.26. The maximum atomic E-state index is 12.8. The van der Waals surface area contributed by atoms with Gasteiger partial charge in [-0.05, 0) is 45.9 Å². The van der Waals surface area contributed by atoms with Gasteiger partial charge in [0.2, 0.25) is 10.0 Å². The first-order valence-corrected chi connectivity index (χ1v) is 12.7. The zero-order valence-corrected chi connectivity index (χ0v) is 21.7. The van der Waals surface area contributed by atoms with Crippen LogP contribution in [0.15, 0.2) is 29.2 Å². The molecule has 9 nitrogen and oxygen atoms in total. The first kappa shape index (κ1) is 26.7. The third-order valence-electron chi connectivity index (χ3n) is 4.13. The molecule has 0 aliphatic heterocycles. The molecule has 0 atom stereocenters. The number of anilines is 1. The maximum Gasteiger partial charge on any atom is 0.407 e. The molecule has 1 aromatic carbocycles. The van der Waals surface area contributed by atoms with Crippen molar-refractivity contribution in [3.8, 4) is 0 Å². The van der Waals surface area contributed by atoms with Gasteiger partial charge in [0.15, 0.2) is 0 Å². The Balaban J connectivity index is 2.01. The minimum absolute atomic E-state index is 0.00558. The molecule has 3 N–H and O–H groups in total. The molecular weight excluding hydrogens is 464 g/mol. The summed E-state index contributed by atoms with van der Waals surface area (Å²) in [6.07, 6.45) is -0.626. The van der Waals surface area contributed by atoms with Crippen molar-refractivity contribution in [3.63, 3.8) is 0 Å². The number of hydrogen-bond acceptors (Lipinski definition) is 7. The lowest BCUT2D eigenvalue weighted by molar-refractivity contribution is 0.0528. The van der Waals surface area contributed by atoms with E-state index >= 15 is 0 Å². The lowest BCUT2D eigenvalue weighted by Crippen LogP contribution is -2.37. The molecular formula is C22H32N4O5S2. The Hall–Kier alpha value is -2.50. The number of benzene rings is 1. The lowest BCUT2D eigenvalue weighted by atomic mass is 9.98. The van der Waals surface area contributed by atoms with Gasteiger partial charge in [0, 0.05) is 24.2 Å². The predicted molar refractivity (Wildman–Crippen MR) is 129 cm³/mol. The number of rotatable bonds is 7. The van der Waals surface area contributed by atoms with Gasteiger partial charge in [0.25, 0.3) is 5.91 Å². The van der Waals surface area contributed by atoms with Gasteiger partial charge >= 0.3 is 6.09 Å². The Morgan fingerprint density at radius 3 is 2.33 bits per heavy atom. The molecule has 0 aliphatic rings. The molecule has 0 saturated heterocycles. The number of hydrogen-bond donors (Lipinski definition) is 3. The second-order valence-electron chi connectivity index (χ2n) is 9.49. The molecule has 0 saturated carbocycles. The Morgan fingerprint density at radius 2 is 1.76 bits per heavy atom. The van der Waals surface area contributed by atoms with Crippen molar-refractivity contribution in [2.24, 2.45) is 0 Å². The van der Waals surface area contributed by atoms with E-state index in [-0.39, 0.29) is 29.3 Å². The van der Waals surface area contributed by atoms with Crippen molar-refractivity contribution < 1.29 is 22.7 Å². The summed E-state index contributed by atoms with van der Waals surface area (Å²) in [5.41, 5.74) is 0.164. The van der Waals surface area contributed by atoms with Crippen LogP contribution in [0.5, 0.6) is 0 Å². The molecule has 11 heteroatoms. The Morgan fingerprint density at radius 1 is 1.09 bits per heavy atom. The Labute approximate surface area is 199 Å². The number of sulfonamides is 1. The fourth-order valence-electron chi connectivity index (χ4n) is 2.60. The average molecular weight is 497 g/mol. The second-order valence-corrected chi connectivity index (χ2v) is 12.3. The van der Waals surface area contributed by atoms with Crippen LogP contribution in [0.3, 0.4) is 0 Å². The summed E-state index contributed by atoms with van der Waals surface area (Å²) in [6, 6.07) is 5.96. The molecule has 0 radical (unpaired) electrons. The molecule has 2 rings (SSSR count). The highest BCUT2D eigenvalue weighted by Gasteiger charge is 2.23. The van der Waals surface area contributed by atoms with Crippen molar-refractivity contribution in [1.82, 2.24) is 15.0 Å². The van der Waals surface area contributed by atoms with Crippen LogP contribution in [-0.2, 0) is 20.2 Å². The second kappa shape index (κ2) is 10.2. The number of aryl methyl sites for hydroxylation is 1. The topological polar surface area (TPSA) is 126 Å². The van der Waals surface area contributed by atoms with Crippen molar-refractivity contribution in [3.05, 3.63) is 39.8 Å². The number of alkyl carbamates (subject to hydrolysis) is 1. The number of carbonyl (C=O) groups is 2. The fourth-order valence-corrected chi connectivity index (χ4v) is 4.70. The number of carbonyl (C=O) groups excluding carboxylic acids is 2. The van der Waals surface area contributed by atoms with Crippen LogP contribution >= 0.6 is 11.3 Å². The molecule has 182 valence electrons. The molecule has 33 heavy (non-hydrogen) atoms. The SMILES string of the molecule is Cc1nc(C(C)(C)C)sc1C(=O)Nc1cccc(S(=O)(=O)NCCNC(=O)OC(C)(C)C)c1. The third kappa shape index (κ3) is 8.09. The van der Waals surface area contributed by atoms with Crippen LogP contribution in [0.25, 0.3) is 0 Å². The molecule has 0 unspecified atom stereocenters. The van der Waals surface area contributed by atoms with E-state index in [4.69, 9.17) is 4.74 Å². The van der Waals surface area contributed by atoms with Crippen LogP contribution in [0.1, 0.15) is 61.9 Å². The van der Waals surface area contributed by atoms with Crippen LogP contribution < -0.4 is 15.4 Å². The third-order valence-corrected chi connectivity index (χ3v) is 7.17. The highest BCUT2D eigenvalue weighted by molar-refractivity contribution is 7.89. The number of aromatic nitrogens is 1. The summed E-state index contributed by atoms with van der Waals surface area (Å²) in [4.78, 5) is 29.4.